The third kappa shape index (κ3) is 1.44. The van der Waals surface area contributed by atoms with Crippen molar-refractivity contribution in [2.45, 2.75) is 33.1 Å². The van der Waals surface area contributed by atoms with Gasteiger partial charge in [-0.15, -0.1) is 0 Å². The SMILES string of the molecule is CC1=C(C)CC2(C#N)CCN(C)C(=O)C2C1. The van der Waals surface area contributed by atoms with Crippen LogP contribution in [0.2, 0.25) is 0 Å². The number of amides is 1. The highest BCUT2D eigenvalue weighted by molar-refractivity contribution is 5.81. The molecule has 2 aliphatic rings. The molecular formula is C13H18N2O. The van der Waals surface area contributed by atoms with E-state index in [1.165, 1.54) is 11.1 Å². The minimum absolute atomic E-state index is 0.111. The van der Waals surface area contributed by atoms with E-state index in [1.54, 1.807) is 4.90 Å². The van der Waals surface area contributed by atoms with Crippen molar-refractivity contribution in [3.8, 4) is 6.07 Å². The van der Waals surface area contributed by atoms with E-state index in [4.69, 9.17) is 0 Å². The summed E-state index contributed by atoms with van der Waals surface area (Å²) in [4.78, 5) is 13.9. The van der Waals surface area contributed by atoms with Crippen molar-refractivity contribution in [3.05, 3.63) is 11.1 Å². The standard InChI is InChI=1S/C13H18N2O/c1-9-6-11-12(16)15(3)5-4-13(11,8-14)7-10(9)2/h11H,4-7H2,1-3H3. The number of fused-ring (bicyclic) bond motifs is 1. The molecule has 3 nitrogen and oxygen atoms in total. The van der Waals surface area contributed by atoms with Gasteiger partial charge in [-0.1, -0.05) is 11.1 Å². The van der Waals surface area contributed by atoms with Crippen LogP contribution in [0.5, 0.6) is 0 Å². The Hall–Kier alpha value is -1.30. The molecule has 0 aromatic heterocycles. The lowest BCUT2D eigenvalue weighted by Crippen LogP contribution is -2.50. The van der Waals surface area contributed by atoms with Gasteiger partial charge in [0.25, 0.3) is 0 Å². The molecule has 1 saturated heterocycles. The van der Waals surface area contributed by atoms with Gasteiger partial charge in [0.15, 0.2) is 0 Å². The van der Waals surface area contributed by atoms with Gasteiger partial charge < -0.3 is 4.90 Å². The highest BCUT2D eigenvalue weighted by Crippen LogP contribution is 2.48. The van der Waals surface area contributed by atoms with Crippen LogP contribution in [0.4, 0.5) is 0 Å². The predicted molar refractivity (Wildman–Crippen MR) is 61.4 cm³/mol. The third-order valence-corrected chi connectivity index (χ3v) is 4.28. The van der Waals surface area contributed by atoms with E-state index in [-0.39, 0.29) is 11.8 Å². The van der Waals surface area contributed by atoms with Crippen LogP contribution in [-0.2, 0) is 4.79 Å². The lowest BCUT2D eigenvalue weighted by molar-refractivity contribution is -0.142. The summed E-state index contributed by atoms with van der Waals surface area (Å²) in [6.07, 6.45) is 2.36. The molecule has 16 heavy (non-hydrogen) atoms. The van der Waals surface area contributed by atoms with Crippen LogP contribution < -0.4 is 0 Å². The topological polar surface area (TPSA) is 44.1 Å². The molecule has 2 atom stereocenters. The van der Waals surface area contributed by atoms with E-state index in [0.29, 0.717) is 0 Å². The first-order valence-electron chi connectivity index (χ1n) is 5.81. The zero-order valence-corrected chi connectivity index (χ0v) is 10.2. The van der Waals surface area contributed by atoms with E-state index in [2.05, 4.69) is 19.9 Å². The molecule has 0 spiro atoms. The number of rotatable bonds is 0. The smallest absolute Gasteiger partial charge is 0.227 e. The molecule has 0 bridgehead atoms. The van der Waals surface area contributed by atoms with Crippen molar-refractivity contribution in [3.63, 3.8) is 0 Å². The van der Waals surface area contributed by atoms with Crippen molar-refractivity contribution in [1.82, 2.24) is 4.90 Å². The first-order chi connectivity index (χ1) is 7.50. The molecule has 2 rings (SSSR count). The Balaban J connectivity index is 2.41. The maximum atomic E-state index is 12.1. The van der Waals surface area contributed by atoms with Crippen LogP contribution in [0, 0.1) is 22.7 Å². The van der Waals surface area contributed by atoms with Crippen LogP contribution in [0.3, 0.4) is 0 Å². The number of piperidine rings is 1. The second kappa shape index (κ2) is 3.62. The maximum Gasteiger partial charge on any atom is 0.227 e. The van der Waals surface area contributed by atoms with Gasteiger partial charge in [-0.2, -0.15) is 5.26 Å². The molecule has 1 fully saturated rings. The number of likely N-dealkylation sites (tertiary alicyclic amines) is 1. The molecule has 0 aromatic carbocycles. The summed E-state index contributed by atoms with van der Waals surface area (Å²) in [7, 11) is 1.84. The average Bonchev–Trinajstić information content (AvgIpc) is 2.27. The summed E-state index contributed by atoms with van der Waals surface area (Å²) in [5.74, 6) is 0.0413. The zero-order chi connectivity index (χ0) is 11.9. The van der Waals surface area contributed by atoms with Crippen molar-refractivity contribution >= 4 is 5.91 Å². The summed E-state index contributed by atoms with van der Waals surface area (Å²) in [6, 6.07) is 2.44. The molecule has 2 unspecified atom stereocenters. The summed E-state index contributed by atoms with van der Waals surface area (Å²) in [5, 5.41) is 9.44. The van der Waals surface area contributed by atoms with E-state index >= 15 is 0 Å². The Morgan fingerprint density at radius 1 is 1.44 bits per heavy atom. The van der Waals surface area contributed by atoms with Crippen molar-refractivity contribution in [1.29, 1.82) is 5.26 Å². The van der Waals surface area contributed by atoms with E-state index in [1.807, 2.05) is 7.05 Å². The molecule has 0 aromatic rings. The molecule has 1 heterocycles. The number of nitriles is 1. The quantitative estimate of drug-likeness (QED) is 0.584. The van der Waals surface area contributed by atoms with Gasteiger partial charge in [-0.05, 0) is 33.1 Å². The lowest BCUT2D eigenvalue weighted by atomic mass is 9.62. The Morgan fingerprint density at radius 3 is 2.75 bits per heavy atom. The maximum absolute atomic E-state index is 12.1. The Bertz CT molecular complexity index is 405. The van der Waals surface area contributed by atoms with Crippen LogP contribution in [-0.4, -0.2) is 24.4 Å². The van der Waals surface area contributed by atoms with E-state index < -0.39 is 5.41 Å². The molecule has 1 amide bonds. The van der Waals surface area contributed by atoms with Gasteiger partial charge in [0.05, 0.1) is 17.4 Å². The van der Waals surface area contributed by atoms with Crippen molar-refractivity contribution < 1.29 is 4.79 Å². The fourth-order valence-electron chi connectivity index (χ4n) is 2.93. The minimum atomic E-state index is -0.423. The number of carbonyl (C=O) groups is 1. The summed E-state index contributed by atoms with van der Waals surface area (Å²) < 4.78 is 0. The van der Waals surface area contributed by atoms with Crippen LogP contribution in [0.1, 0.15) is 33.1 Å². The first-order valence-corrected chi connectivity index (χ1v) is 5.81. The van der Waals surface area contributed by atoms with E-state index in [9.17, 15) is 10.1 Å². The molecule has 0 radical (unpaired) electrons. The monoisotopic (exact) mass is 218 g/mol. The summed E-state index contributed by atoms with van der Waals surface area (Å²) in [6.45, 7) is 4.89. The minimum Gasteiger partial charge on any atom is -0.345 e. The first kappa shape index (κ1) is 11.2. The van der Waals surface area contributed by atoms with Gasteiger partial charge in [0.2, 0.25) is 5.91 Å². The second-order valence-corrected chi connectivity index (χ2v) is 5.27. The molecule has 1 aliphatic carbocycles. The number of hydrogen-bond acceptors (Lipinski definition) is 2. The molecule has 1 aliphatic heterocycles. The third-order valence-electron chi connectivity index (χ3n) is 4.28. The molecule has 0 saturated carbocycles. The van der Waals surface area contributed by atoms with Crippen LogP contribution in [0.25, 0.3) is 0 Å². The normalized spacial score (nSPS) is 34.8. The molecule has 86 valence electrons. The lowest BCUT2D eigenvalue weighted by Gasteiger charge is -2.45. The second-order valence-electron chi connectivity index (χ2n) is 5.27. The van der Waals surface area contributed by atoms with Gasteiger partial charge >= 0.3 is 0 Å². The largest absolute Gasteiger partial charge is 0.345 e. The molecule has 3 heteroatoms. The highest BCUT2D eigenvalue weighted by Gasteiger charge is 2.49. The van der Waals surface area contributed by atoms with Crippen LogP contribution >= 0.6 is 0 Å². The van der Waals surface area contributed by atoms with Gasteiger partial charge in [-0.25, -0.2) is 0 Å². The highest BCUT2D eigenvalue weighted by atomic mass is 16.2. The van der Waals surface area contributed by atoms with Gasteiger partial charge in [0, 0.05) is 13.6 Å². The van der Waals surface area contributed by atoms with Gasteiger partial charge in [-0.3, -0.25) is 4.79 Å². The van der Waals surface area contributed by atoms with Crippen LogP contribution in [0.15, 0.2) is 11.1 Å². The van der Waals surface area contributed by atoms with Gasteiger partial charge in [0.1, 0.15) is 0 Å². The fraction of sp³-hybridized carbons (Fsp3) is 0.692. The Morgan fingerprint density at radius 2 is 2.12 bits per heavy atom. The molecule has 0 N–H and O–H groups in total. The summed E-state index contributed by atoms with van der Waals surface area (Å²) >= 11 is 0. The predicted octanol–water partition coefficient (Wildman–Crippen LogP) is 2.10. The fourth-order valence-corrected chi connectivity index (χ4v) is 2.93. The molecular weight excluding hydrogens is 200 g/mol. The van der Waals surface area contributed by atoms with E-state index in [0.717, 1.165) is 25.8 Å². The average molecular weight is 218 g/mol. The Kier molecular flexibility index (Phi) is 2.53. The van der Waals surface area contributed by atoms with Crippen molar-refractivity contribution in [2.24, 2.45) is 11.3 Å². The zero-order valence-electron chi connectivity index (χ0n) is 10.2. The number of nitrogens with zero attached hydrogens (tertiary/aromatic N) is 2. The van der Waals surface area contributed by atoms with Crippen molar-refractivity contribution in [2.75, 3.05) is 13.6 Å². The number of allylic oxidation sites excluding steroid dienone is 2. The Labute approximate surface area is 96.7 Å². The number of hydrogen-bond donors (Lipinski definition) is 0. The number of carbonyl (C=O) groups excluding carboxylic acids is 1. The summed E-state index contributed by atoms with van der Waals surface area (Å²) in [5.41, 5.74) is 2.17.